The predicted molar refractivity (Wildman–Crippen MR) is 130 cm³/mol. The normalized spacial score (nSPS) is 26.8. The Morgan fingerprint density at radius 2 is 1.72 bits per heavy atom. The minimum Gasteiger partial charge on any atom is -0.378 e. The summed E-state index contributed by atoms with van der Waals surface area (Å²) in [6.45, 7) is 3.18. The summed E-state index contributed by atoms with van der Waals surface area (Å²) in [7, 11) is 0. The minimum atomic E-state index is -0.726. The molecule has 2 aliphatic carbocycles. The quantitative estimate of drug-likeness (QED) is 0.273. The molecule has 0 aliphatic heterocycles. The number of rotatable bonds is 10. The van der Waals surface area contributed by atoms with Gasteiger partial charge in [0.15, 0.2) is 5.83 Å². The highest BCUT2D eigenvalue weighted by atomic mass is 19.1. The maximum atomic E-state index is 12.7. The van der Waals surface area contributed by atoms with Crippen LogP contribution in [0, 0.1) is 23.2 Å². The van der Waals surface area contributed by atoms with Crippen molar-refractivity contribution >= 4 is 0 Å². The lowest BCUT2D eigenvalue weighted by atomic mass is 9.80. The van der Waals surface area contributed by atoms with Crippen LogP contribution in [-0.4, -0.2) is 12.7 Å². The molecule has 0 aromatic heterocycles. The molecule has 0 amide bonds. The Morgan fingerprint density at radius 1 is 1.03 bits per heavy atom. The first-order valence-electron chi connectivity index (χ1n) is 12.8. The summed E-state index contributed by atoms with van der Waals surface area (Å²) in [5.74, 6) is 1.48. The third-order valence-corrected chi connectivity index (χ3v) is 7.42. The van der Waals surface area contributed by atoms with Crippen molar-refractivity contribution in [2.45, 2.75) is 96.0 Å². The molecule has 0 radical (unpaired) electrons. The van der Waals surface area contributed by atoms with Gasteiger partial charge in [0, 0.05) is 6.61 Å². The number of benzene rings is 1. The number of allylic oxidation sites excluding steroid dienone is 4. The lowest BCUT2D eigenvalue weighted by Gasteiger charge is -2.32. The van der Waals surface area contributed by atoms with Crippen molar-refractivity contribution in [3.63, 3.8) is 0 Å². The molecule has 2 saturated carbocycles. The summed E-state index contributed by atoms with van der Waals surface area (Å²) in [6.07, 6.45) is 19.9. The molecule has 2 fully saturated rings. The number of hydrogen-bond donors (Lipinski definition) is 0. The molecule has 32 heavy (non-hydrogen) atoms. The van der Waals surface area contributed by atoms with Crippen LogP contribution in [0.5, 0.6) is 0 Å². The van der Waals surface area contributed by atoms with Crippen LogP contribution >= 0.6 is 0 Å². The van der Waals surface area contributed by atoms with Crippen LogP contribution in [0.15, 0.2) is 48.3 Å². The number of nitriles is 1. The van der Waals surface area contributed by atoms with Gasteiger partial charge < -0.3 is 4.74 Å². The van der Waals surface area contributed by atoms with Gasteiger partial charge in [-0.1, -0.05) is 62.6 Å². The van der Waals surface area contributed by atoms with Crippen LogP contribution in [0.3, 0.4) is 0 Å². The molecule has 0 spiro atoms. The van der Waals surface area contributed by atoms with Crippen molar-refractivity contribution in [2.75, 3.05) is 6.61 Å². The second kappa shape index (κ2) is 13.6. The van der Waals surface area contributed by atoms with E-state index in [1.807, 2.05) is 6.08 Å². The standard InChI is InChI=1S/C29H40FNO/c1-2-6-23-13-15-26(16-14-23)27-17-19-29(20-18-27)32-22-25-11-9-24(10-12-25)7-4-3-5-8-28(30)21-31/h3,5,8,13-16,24-25,27,29H,2,4,6-7,9-12,17-20,22H2,1H3. The molecule has 3 heteroatoms. The van der Waals surface area contributed by atoms with Crippen LogP contribution in [0.25, 0.3) is 0 Å². The van der Waals surface area contributed by atoms with Gasteiger partial charge in [-0.05, 0) is 92.7 Å². The highest BCUT2D eigenvalue weighted by molar-refractivity contribution is 5.26. The lowest BCUT2D eigenvalue weighted by molar-refractivity contribution is -0.00474. The van der Waals surface area contributed by atoms with Gasteiger partial charge in [0.2, 0.25) is 0 Å². The van der Waals surface area contributed by atoms with Crippen LogP contribution < -0.4 is 0 Å². The van der Waals surface area contributed by atoms with E-state index in [0.717, 1.165) is 31.3 Å². The lowest BCUT2D eigenvalue weighted by Crippen LogP contribution is -2.25. The minimum absolute atomic E-state index is 0.454. The molecule has 3 rings (SSSR count). The van der Waals surface area contributed by atoms with E-state index in [0.29, 0.717) is 12.0 Å². The first-order chi connectivity index (χ1) is 15.7. The number of halogens is 1. The molecule has 2 aliphatic rings. The maximum absolute atomic E-state index is 12.7. The smallest absolute Gasteiger partial charge is 0.199 e. The van der Waals surface area contributed by atoms with E-state index in [1.54, 1.807) is 6.08 Å². The average Bonchev–Trinajstić information content (AvgIpc) is 2.84. The van der Waals surface area contributed by atoms with Crippen LogP contribution in [0.4, 0.5) is 4.39 Å². The zero-order chi connectivity index (χ0) is 22.6. The molecule has 0 N–H and O–H groups in total. The van der Waals surface area contributed by atoms with Crippen molar-refractivity contribution in [3.8, 4) is 6.07 Å². The van der Waals surface area contributed by atoms with Gasteiger partial charge in [-0.25, -0.2) is 0 Å². The fourth-order valence-electron chi connectivity index (χ4n) is 5.38. The second-order valence-electron chi connectivity index (χ2n) is 9.82. The zero-order valence-electron chi connectivity index (χ0n) is 19.8. The molecular weight excluding hydrogens is 397 g/mol. The number of nitrogens with zero attached hydrogens (tertiary/aromatic N) is 1. The summed E-state index contributed by atoms with van der Waals surface area (Å²) in [5, 5.41) is 8.39. The van der Waals surface area contributed by atoms with Gasteiger partial charge in [0.1, 0.15) is 6.07 Å². The van der Waals surface area contributed by atoms with Gasteiger partial charge in [-0.15, -0.1) is 0 Å². The van der Waals surface area contributed by atoms with E-state index >= 15 is 0 Å². The molecule has 0 unspecified atom stereocenters. The van der Waals surface area contributed by atoms with Gasteiger partial charge in [-0.3, -0.25) is 0 Å². The van der Waals surface area contributed by atoms with Gasteiger partial charge >= 0.3 is 0 Å². The molecule has 174 valence electrons. The van der Waals surface area contributed by atoms with Gasteiger partial charge in [-0.2, -0.15) is 9.65 Å². The molecular formula is C29H40FNO. The topological polar surface area (TPSA) is 33.0 Å². The predicted octanol–water partition coefficient (Wildman–Crippen LogP) is 8.20. The Balaban J connectivity index is 1.28. The summed E-state index contributed by atoms with van der Waals surface area (Å²) in [6, 6.07) is 10.8. The van der Waals surface area contributed by atoms with Gasteiger partial charge in [0.05, 0.1) is 6.10 Å². The van der Waals surface area contributed by atoms with Crippen molar-refractivity contribution in [2.24, 2.45) is 11.8 Å². The van der Waals surface area contributed by atoms with Crippen LogP contribution in [0.1, 0.15) is 94.6 Å². The maximum Gasteiger partial charge on any atom is 0.199 e. The van der Waals surface area contributed by atoms with Crippen molar-refractivity contribution in [3.05, 3.63) is 59.4 Å². The average molecular weight is 438 g/mol. The summed E-state index contributed by atoms with van der Waals surface area (Å²) in [5.41, 5.74) is 2.98. The summed E-state index contributed by atoms with van der Waals surface area (Å²) < 4.78 is 19.1. The first-order valence-corrected chi connectivity index (χ1v) is 12.8. The first kappa shape index (κ1) is 24.7. The number of ether oxygens (including phenoxy) is 1. The highest BCUT2D eigenvalue weighted by Gasteiger charge is 2.25. The monoisotopic (exact) mass is 437 g/mol. The Bertz CT molecular complexity index is 759. The van der Waals surface area contributed by atoms with Crippen LogP contribution in [0.2, 0.25) is 0 Å². The molecule has 1 aromatic rings. The molecule has 2 nitrogen and oxygen atoms in total. The molecule has 0 bridgehead atoms. The van der Waals surface area contributed by atoms with Crippen molar-refractivity contribution < 1.29 is 9.13 Å². The van der Waals surface area contributed by atoms with E-state index in [-0.39, 0.29) is 0 Å². The van der Waals surface area contributed by atoms with Gasteiger partial charge in [0.25, 0.3) is 0 Å². The summed E-state index contributed by atoms with van der Waals surface area (Å²) in [4.78, 5) is 0. The molecule has 0 atom stereocenters. The molecule has 0 heterocycles. The van der Waals surface area contributed by atoms with E-state index < -0.39 is 5.83 Å². The molecule has 0 saturated heterocycles. The molecule has 1 aromatic carbocycles. The van der Waals surface area contributed by atoms with Crippen molar-refractivity contribution in [1.82, 2.24) is 0 Å². The third-order valence-electron chi connectivity index (χ3n) is 7.42. The summed E-state index contributed by atoms with van der Waals surface area (Å²) >= 11 is 0. The Labute approximate surface area is 194 Å². The fraction of sp³-hybridized carbons (Fsp3) is 0.621. The SMILES string of the molecule is CCCc1ccc(C2CCC(OCC3CCC(CCC=CC=C(F)C#N)CC3)CC2)cc1. The number of hydrogen-bond acceptors (Lipinski definition) is 2. The van der Waals surface area contributed by atoms with E-state index in [1.165, 1.54) is 87.5 Å². The number of aryl methyl sites for hydroxylation is 1. The van der Waals surface area contributed by atoms with Crippen LogP contribution in [-0.2, 0) is 11.2 Å². The Hall–Kier alpha value is -1.92. The zero-order valence-corrected chi connectivity index (χ0v) is 19.8. The Kier molecular flexibility index (Phi) is 10.5. The van der Waals surface area contributed by atoms with E-state index in [2.05, 4.69) is 31.2 Å². The third kappa shape index (κ3) is 8.21. The fourth-order valence-corrected chi connectivity index (χ4v) is 5.38. The van der Waals surface area contributed by atoms with E-state index in [4.69, 9.17) is 10.00 Å². The second-order valence-corrected chi connectivity index (χ2v) is 9.82. The van der Waals surface area contributed by atoms with E-state index in [9.17, 15) is 4.39 Å². The van der Waals surface area contributed by atoms with Crippen molar-refractivity contribution in [1.29, 1.82) is 5.26 Å². The largest absolute Gasteiger partial charge is 0.378 e. The highest BCUT2D eigenvalue weighted by Crippen LogP contribution is 2.36. The Morgan fingerprint density at radius 3 is 2.38 bits per heavy atom.